The highest BCUT2D eigenvalue weighted by Gasteiger charge is 2.30. The molecule has 0 aliphatic heterocycles. The molecule has 5 heteroatoms. The van der Waals surface area contributed by atoms with Crippen LogP contribution in [0.4, 0.5) is 13.2 Å². The van der Waals surface area contributed by atoms with Crippen LogP contribution in [0.15, 0.2) is 46.9 Å². The molecule has 0 fully saturated rings. The van der Waals surface area contributed by atoms with Crippen LogP contribution in [-0.4, -0.2) is 4.98 Å². The van der Waals surface area contributed by atoms with Crippen LogP contribution in [0.25, 0.3) is 22.6 Å². The number of oxazole rings is 1. The summed E-state index contributed by atoms with van der Waals surface area (Å²) in [6.07, 6.45) is -4.34. The van der Waals surface area contributed by atoms with Crippen molar-refractivity contribution < 1.29 is 17.6 Å². The second-order valence-corrected chi connectivity index (χ2v) is 4.52. The van der Waals surface area contributed by atoms with E-state index in [0.29, 0.717) is 17.0 Å². The molecule has 0 spiro atoms. The molecule has 0 radical (unpaired) electrons. The zero-order valence-electron chi connectivity index (χ0n) is 10.5. The Morgan fingerprint density at radius 1 is 1.00 bits per heavy atom. The highest BCUT2D eigenvalue weighted by Crippen LogP contribution is 2.31. The van der Waals surface area contributed by atoms with Crippen LogP contribution < -0.4 is 0 Å². The summed E-state index contributed by atoms with van der Waals surface area (Å²) in [5.41, 5.74) is 2.15. The Hall–Kier alpha value is -2.30. The zero-order valence-corrected chi connectivity index (χ0v) is 10.5. The van der Waals surface area contributed by atoms with Gasteiger partial charge < -0.3 is 4.42 Å². The number of aryl methyl sites for hydroxylation is 1. The average Bonchev–Trinajstić information content (AvgIpc) is 2.83. The Morgan fingerprint density at radius 2 is 1.70 bits per heavy atom. The van der Waals surface area contributed by atoms with E-state index in [1.807, 2.05) is 19.1 Å². The molecule has 0 atom stereocenters. The number of rotatable bonds is 1. The summed E-state index contributed by atoms with van der Waals surface area (Å²) in [5.74, 6) is 0.322. The van der Waals surface area contributed by atoms with Gasteiger partial charge in [0.2, 0.25) is 5.89 Å². The molecule has 0 aliphatic rings. The van der Waals surface area contributed by atoms with Crippen molar-refractivity contribution in [2.24, 2.45) is 0 Å². The van der Waals surface area contributed by atoms with Gasteiger partial charge in [-0.3, -0.25) is 0 Å². The summed E-state index contributed by atoms with van der Waals surface area (Å²) in [7, 11) is 0. The standard InChI is InChI=1S/C15H10F3NO/c1-9-3-2-4-12-13(9)19-14(20-12)10-5-7-11(8-6-10)15(16,17)18/h2-8H,1H3. The number of para-hydroxylation sites is 1. The van der Waals surface area contributed by atoms with Gasteiger partial charge in [-0.1, -0.05) is 12.1 Å². The molecule has 3 rings (SSSR count). The molecule has 0 saturated carbocycles. The summed E-state index contributed by atoms with van der Waals surface area (Å²) >= 11 is 0. The average molecular weight is 277 g/mol. The third-order valence-corrected chi connectivity index (χ3v) is 3.08. The van der Waals surface area contributed by atoms with Crippen LogP contribution in [0.1, 0.15) is 11.1 Å². The van der Waals surface area contributed by atoms with Crippen LogP contribution in [0.3, 0.4) is 0 Å². The molecule has 102 valence electrons. The van der Waals surface area contributed by atoms with E-state index < -0.39 is 11.7 Å². The fourth-order valence-corrected chi connectivity index (χ4v) is 2.01. The Labute approximate surface area is 112 Å². The van der Waals surface area contributed by atoms with E-state index >= 15 is 0 Å². The van der Waals surface area contributed by atoms with Gasteiger partial charge in [-0.15, -0.1) is 0 Å². The van der Waals surface area contributed by atoms with Gasteiger partial charge in [0.05, 0.1) is 5.56 Å². The number of hydrogen-bond acceptors (Lipinski definition) is 2. The number of fused-ring (bicyclic) bond motifs is 1. The molecule has 1 aromatic heterocycles. The van der Waals surface area contributed by atoms with E-state index in [2.05, 4.69) is 4.98 Å². The predicted octanol–water partition coefficient (Wildman–Crippen LogP) is 4.82. The zero-order chi connectivity index (χ0) is 14.3. The Kier molecular flexibility index (Phi) is 2.78. The Morgan fingerprint density at radius 3 is 2.30 bits per heavy atom. The van der Waals surface area contributed by atoms with Crippen molar-refractivity contribution in [3.63, 3.8) is 0 Å². The lowest BCUT2D eigenvalue weighted by Crippen LogP contribution is -2.03. The van der Waals surface area contributed by atoms with Gasteiger partial charge in [-0.2, -0.15) is 13.2 Å². The normalized spacial score (nSPS) is 12.0. The minimum atomic E-state index is -4.34. The summed E-state index contributed by atoms with van der Waals surface area (Å²) in [4.78, 5) is 4.33. The van der Waals surface area contributed by atoms with Crippen LogP contribution in [0.2, 0.25) is 0 Å². The van der Waals surface area contributed by atoms with Gasteiger partial charge in [-0.25, -0.2) is 4.98 Å². The van der Waals surface area contributed by atoms with E-state index in [1.165, 1.54) is 12.1 Å². The van der Waals surface area contributed by atoms with Crippen molar-refractivity contribution >= 4 is 11.1 Å². The van der Waals surface area contributed by atoms with Crippen LogP contribution in [0.5, 0.6) is 0 Å². The predicted molar refractivity (Wildman–Crippen MR) is 69.2 cm³/mol. The minimum absolute atomic E-state index is 0.322. The van der Waals surface area contributed by atoms with Gasteiger partial charge in [0.15, 0.2) is 5.58 Å². The minimum Gasteiger partial charge on any atom is -0.436 e. The first-order valence-corrected chi connectivity index (χ1v) is 5.99. The Bertz CT molecular complexity index is 757. The third-order valence-electron chi connectivity index (χ3n) is 3.08. The van der Waals surface area contributed by atoms with Gasteiger partial charge in [0.1, 0.15) is 5.52 Å². The van der Waals surface area contributed by atoms with E-state index in [-0.39, 0.29) is 0 Å². The number of benzene rings is 2. The van der Waals surface area contributed by atoms with Crippen LogP contribution in [-0.2, 0) is 6.18 Å². The van der Waals surface area contributed by atoms with E-state index in [0.717, 1.165) is 23.2 Å². The maximum atomic E-state index is 12.5. The van der Waals surface area contributed by atoms with Crippen LogP contribution >= 0.6 is 0 Å². The number of nitrogens with zero attached hydrogens (tertiary/aromatic N) is 1. The molecule has 3 aromatic rings. The molecule has 0 unspecified atom stereocenters. The summed E-state index contributed by atoms with van der Waals surface area (Å²) in [6.45, 7) is 1.90. The van der Waals surface area contributed by atoms with Crippen molar-refractivity contribution in [3.05, 3.63) is 53.6 Å². The van der Waals surface area contributed by atoms with E-state index in [1.54, 1.807) is 6.07 Å². The first-order chi connectivity index (χ1) is 9.45. The van der Waals surface area contributed by atoms with Crippen molar-refractivity contribution in [1.82, 2.24) is 4.98 Å². The number of halogens is 3. The lowest BCUT2D eigenvalue weighted by atomic mass is 10.1. The highest BCUT2D eigenvalue weighted by atomic mass is 19.4. The molecule has 0 amide bonds. The van der Waals surface area contributed by atoms with Gasteiger partial charge in [0, 0.05) is 5.56 Å². The van der Waals surface area contributed by atoms with Crippen molar-refractivity contribution in [2.75, 3.05) is 0 Å². The molecular weight excluding hydrogens is 267 g/mol. The van der Waals surface area contributed by atoms with Gasteiger partial charge >= 0.3 is 6.18 Å². The lowest BCUT2D eigenvalue weighted by molar-refractivity contribution is -0.137. The summed E-state index contributed by atoms with van der Waals surface area (Å²) in [6, 6.07) is 10.3. The second kappa shape index (κ2) is 4.37. The molecule has 20 heavy (non-hydrogen) atoms. The van der Waals surface area contributed by atoms with E-state index in [4.69, 9.17) is 4.42 Å². The van der Waals surface area contributed by atoms with Crippen LogP contribution in [0, 0.1) is 6.92 Å². The fourth-order valence-electron chi connectivity index (χ4n) is 2.01. The molecule has 0 saturated heterocycles. The first-order valence-electron chi connectivity index (χ1n) is 5.99. The lowest BCUT2D eigenvalue weighted by Gasteiger charge is -2.05. The molecule has 2 aromatic carbocycles. The number of alkyl halides is 3. The Balaban J connectivity index is 2.05. The molecular formula is C15H10F3NO. The molecule has 0 N–H and O–H groups in total. The molecule has 1 heterocycles. The topological polar surface area (TPSA) is 26.0 Å². The van der Waals surface area contributed by atoms with Gasteiger partial charge in [0.25, 0.3) is 0 Å². The van der Waals surface area contributed by atoms with Crippen molar-refractivity contribution in [2.45, 2.75) is 13.1 Å². The second-order valence-electron chi connectivity index (χ2n) is 4.52. The summed E-state index contributed by atoms with van der Waals surface area (Å²) in [5, 5.41) is 0. The maximum absolute atomic E-state index is 12.5. The monoisotopic (exact) mass is 277 g/mol. The van der Waals surface area contributed by atoms with Crippen molar-refractivity contribution in [3.8, 4) is 11.5 Å². The number of hydrogen-bond donors (Lipinski definition) is 0. The molecule has 2 nitrogen and oxygen atoms in total. The third kappa shape index (κ3) is 2.15. The summed E-state index contributed by atoms with van der Waals surface area (Å²) < 4.78 is 43.1. The molecule has 0 aliphatic carbocycles. The largest absolute Gasteiger partial charge is 0.436 e. The maximum Gasteiger partial charge on any atom is 0.416 e. The SMILES string of the molecule is Cc1cccc2oc(-c3ccc(C(F)(F)F)cc3)nc12. The van der Waals surface area contributed by atoms with Gasteiger partial charge in [-0.05, 0) is 42.8 Å². The smallest absolute Gasteiger partial charge is 0.416 e. The first kappa shape index (κ1) is 12.7. The fraction of sp³-hybridized carbons (Fsp3) is 0.133. The number of aromatic nitrogens is 1. The van der Waals surface area contributed by atoms with E-state index in [9.17, 15) is 13.2 Å². The van der Waals surface area contributed by atoms with Crippen molar-refractivity contribution in [1.29, 1.82) is 0 Å². The highest BCUT2D eigenvalue weighted by molar-refractivity contribution is 5.79. The molecule has 0 bridgehead atoms. The quantitative estimate of drug-likeness (QED) is 0.637.